The van der Waals surface area contributed by atoms with Crippen LogP contribution in [-0.2, 0) is 16.0 Å². The summed E-state index contributed by atoms with van der Waals surface area (Å²) in [7, 11) is 0. The van der Waals surface area contributed by atoms with Gasteiger partial charge in [-0.3, -0.25) is 14.4 Å². The summed E-state index contributed by atoms with van der Waals surface area (Å²) in [6.07, 6.45) is 4.51. The summed E-state index contributed by atoms with van der Waals surface area (Å²) in [5.41, 5.74) is 3.85. The summed E-state index contributed by atoms with van der Waals surface area (Å²) in [5.74, 6) is -5.90. The van der Waals surface area contributed by atoms with E-state index < -0.39 is 46.1 Å². The number of allylic oxidation sites excluding steroid dienone is 2. The number of rotatable bonds is 2. The standard InChI is InChI=1S/C24H21NO7/c25-23(31)19-16(27)9-12-7-11-8-14-13(10-3-1-2-4-10)5-6-15(26)18(14)20(28)17(11)21(29)24(12,32)22(19)30/h3,5-6,8,12,26,28,30,32H,1-2,4,7,9H2,(H2,25,31)/t12-,24-/m0/s1. The van der Waals surface area contributed by atoms with Crippen molar-refractivity contribution in [2.75, 3.05) is 0 Å². The second kappa shape index (κ2) is 6.67. The first-order valence-corrected chi connectivity index (χ1v) is 10.4. The maximum Gasteiger partial charge on any atom is 0.255 e. The highest BCUT2D eigenvalue weighted by molar-refractivity contribution is 6.23. The third-order valence-electron chi connectivity index (χ3n) is 6.91. The lowest BCUT2D eigenvalue weighted by Crippen LogP contribution is -2.56. The zero-order chi connectivity index (χ0) is 22.9. The molecule has 6 N–H and O–H groups in total. The second-order valence-electron chi connectivity index (χ2n) is 8.65. The number of hydrogen-bond donors (Lipinski definition) is 5. The average molecular weight is 435 g/mol. The van der Waals surface area contributed by atoms with Crippen molar-refractivity contribution < 1.29 is 34.8 Å². The number of aliphatic hydroxyl groups excluding tert-OH is 1. The molecule has 1 amide bonds. The van der Waals surface area contributed by atoms with Crippen LogP contribution in [0.15, 0.2) is 35.6 Å². The highest BCUT2D eigenvalue weighted by Gasteiger charge is 2.57. The van der Waals surface area contributed by atoms with Crippen molar-refractivity contribution in [1.82, 2.24) is 0 Å². The Bertz CT molecular complexity index is 1320. The molecule has 0 saturated heterocycles. The zero-order valence-corrected chi connectivity index (χ0v) is 17.0. The quantitative estimate of drug-likeness (QED) is 0.452. The predicted molar refractivity (Wildman–Crippen MR) is 114 cm³/mol. The molecule has 0 saturated carbocycles. The average Bonchev–Trinajstić information content (AvgIpc) is 3.25. The normalized spacial score (nSPS) is 25.0. The number of fused-ring (bicyclic) bond motifs is 3. The monoisotopic (exact) mass is 435 g/mol. The molecule has 0 heterocycles. The van der Waals surface area contributed by atoms with Gasteiger partial charge in [-0.1, -0.05) is 12.1 Å². The van der Waals surface area contributed by atoms with Crippen LogP contribution in [0.25, 0.3) is 16.3 Å². The van der Waals surface area contributed by atoms with Crippen LogP contribution in [0, 0.1) is 5.92 Å². The van der Waals surface area contributed by atoms with Gasteiger partial charge < -0.3 is 26.2 Å². The smallest absolute Gasteiger partial charge is 0.255 e. The lowest BCUT2D eigenvalue weighted by molar-refractivity contribution is -0.125. The van der Waals surface area contributed by atoms with E-state index in [-0.39, 0.29) is 29.5 Å². The van der Waals surface area contributed by atoms with Gasteiger partial charge in [0.2, 0.25) is 5.78 Å². The minimum atomic E-state index is -2.57. The van der Waals surface area contributed by atoms with Crippen LogP contribution in [0.4, 0.5) is 0 Å². The van der Waals surface area contributed by atoms with E-state index in [1.54, 1.807) is 12.1 Å². The van der Waals surface area contributed by atoms with E-state index in [1.807, 2.05) is 0 Å². The first-order chi connectivity index (χ1) is 15.2. The van der Waals surface area contributed by atoms with Crippen molar-refractivity contribution in [1.29, 1.82) is 0 Å². The SMILES string of the molecule is NC(=O)C1=C(O)[C@@]2(O)C(=O)c3c(cc4c(C5=CCCC5)ccc(O)c4c3O)C[C@H]2CC1=O. The van der Waals surface area contributed by atoms with Gasteiger partial charge in [-0.15, -0.1) is 0 Å². The molecule has 0 aliphatic heterocycles. The van der Waals surface area contributed by atoms with Crippen LogP contribution in [0.3, 0.4) is 0 Å². The van der Waals surface area contributed by atoms with E-state index in [9.17, 15) is 34.8 Å². The number of ketones is 2. The van der Waals surface area contributed by atoms with Crippen molar-refractivity contribution in [2.45, 2.75) is 37.7 Å². The molecule has 0 unspecified atom stereocenters. The van der Waals surface area contributed by atoms with E-state index in [4.69, 9.17) is 5.73 Å². The van der Waals surface area contributed by atoms with Gasteiger partial charge in [-0.25, -0.2) is 0 Å². The first kappa shape index (κ1) is 20.3. The third-order valence-corrected chi connectivity index (χ3v) is 6.91. The Hall–Kier alpha value is -3.65. The molecular formula is C24H21NO7. The van der Waals surface area contributed by atoms with Crippen molar-refractivity contribution in [3.8, 4) is 11.5 Å². The molecule has 3 aliphatic rings. The summed E-state index contributed by atoms with van der Waals surface area (Å²) in [5, 5.41) is 43.9. The number of primary amides is 1. The van der Waals surface area contributed by atoms with Gasteiger partial charge in [0.1, 0.15) is 22.8 Å². The van der Waals surface area contributed by atoms with E-state index >= 15 is 0 Å². The Morgan fingerprint density at radius 3 is 2.53 bits per heavy atom. The highest BCUT2D eigenvalue weighted by atomic mass is 16.3. The maximum absolute atomic E-state index is 13.4. The molecule has 5 rings (SSSR count). The van der Waals surface area contributed by atoms with Gasteiger partial charge >= 0.3 is 0 Å². The number of nitrogens with two attached hydrogens (primary N) is 1. The van der Waals surface area contributed by atoms with Gasteiger partial charge in [0, 0.05) is 12.3 Å². The molecule has 0 fully saturated rings. The number of carbonyl (C=O) groups excluding carboxylic acids is 3. The molecule has 0 radical (unpaired) electrons. The lowest BCUT2D eigenvalue weighted by Gasteiger charge is -2.41. The number of phenolic OH excluding ortho intramolecular Hbond substituents is 2. The highest BCUT2D eigenvalue weighted by Crippen LogP contribution is 2.50. The summed E-state index contributed by atoms with van der Waals surface area (Å²) >= 11 is 0. The Balaban J connectivity index is 1.78. The van der Waals surface area contributed by atoms with Crippen LogP contribution in [0.2, 0.25) is 0 Å². The first-order valence-electron chi connectivity index (χ1n) is 10.4. The van der Waals surface area contributed by atoms with E-state index in [0.717, 1.165) is 30.4 Å². The molecule has 2 aromatic rings. The molecule has 8 heteroatoms. The Morgan fingerprint density at radius 1 is 1.12 bits per heavy atom. The van der Waals surface area contributed by atoms with Crippen LogP contribution in [0.5, 0.6) is 11.5 Å². The van der Waals surface area contributed by atoms with Gasteiger partial charge in [-0.05, 0) is 59.9 Å². The maximum atomic E-state index is 13.4. The Kier molecular flexibility index (Phi) is 4.22. The van der Waals surface area contributed by atoms with E-state index in [2.05, 4.69) is 6.08 Å². The fourth-order valence-corrected chi connectivity index (χ4v) is 5.35. The molecule has 0 aromatic heterocycles. The van der Waals surface area contributed by atoms with Crippen LogP contribution >= 0.6 is 0 Å². The number of phenols is 2. The molecule has 2 aromatic carbocycles. The van der Waals surface area contributed by atoms with E-state index in [0.29, 0.717) is 10.9 Å². The van der Waals surface area contributed by atoms with Gasteiger partial charge in [0.05, 0.1) is 10.9 Å². The second-order valence-corrected chi connectivity index (χ2v) is 8.65. The van der Waals surface area contributed by atoms with Crippen molar-refractivity contribution in [3.05, 3.63) is 52.3 Å². The number of carbonyl (C=O) groups is 3. The summed E-state index contributed by atoms with van der Waals surface area (Å²) in [4.78, 5) is 37.5. The summed E-state index contributed by atoms with van der Waals surface area (Å²) in [6, 6.07) is 4.89. The topological polar surface area (TPSA) is 158 Å². The number of Topliss-reactive ketones (excluding diaryl/α,β-unsaturated/α-hetero) is 2. The molecule has 3 aliphatic carbocycles. The molecule has 2 atom stereocenters. The summed E-state index contributed by atoms with van der Waals surface area (Å²) in [6.45, 7) is 0. The van der Waals surface area contributed by atoms with Crippen molar-refractivity contribution in [3.63, 3.8) is 0 Å². The lowest BCUT2D eigenvalue weighted by atomic mass is 9.64. The minimum absolute atomic E-state index is 0.00292. The van der Waals surface area contributed by atoms with Crippen molar-refractivity contribution in [2.24, 2.45) is 11.7 Å². The Labute approximate surface area is 182 Å². The van der Waals surface area contributed by atoms with E-state index in [1.165, 1.54) is 6.07 Å². The predicted octanol–water partition coefficient (Wildman–Crippen LogP) is 2.17. The summed E-state index contributed by atoms with van der Waals surface area (Å²) < 4.78 is 0. The molecule has 8 nitrogen and oxygen atoms in total. The number of aromatic hydroxyl groups is 2. The Morgan fingerprint density at radius 2 is 1.88 bits per heavy atom. The van der Waals surface area contributed by atoms with Crippen LogP contribution in [0.1, 0.15) is 47.2 Å². The fourth-order valence-electron chi connectivity index (χ4n) is 5.35. The number of hydrogen-bond acceptors (Lipinski definition) is 7. The van der Waals surface area contributed by atoms with Gasteiger partial charge in [0.15, 0.2) is 11.4 Å². The van der Waals surface area contributed by atoms with Gasteiger partial charge in [-0.2, -0.15) is 0 Å². The molecule has 0 spiro atoms. The number of amides is 1. The minimum Gasteiger partial charge on any atom is -0.508 e. The van der Waals surface area contributed by atoms with Crippen LogP contribution < -0.4 is 5.73 Å². The van der Waals surface area contributed by atoms with Gasteiger partial charge in [0.25, 0.3) is 5.91 Å². The number of aliphatic hydroxyl groups is 2. The molecule has 0 bridgehead atoms. The molecule has 32 heavy (non-hydrogen) atoms. The fraction of sp³-hybridized carbons (Fsp3) is 0.292. The third kappa shape index (κ3) is 2.50. The largest absolute Gasteiger partial charge is 0.508 e. The molecule has 164 valence electrons. The van der Waals surface area contributed by atoms with Crippen LogP contribution in [-0.4, -0.2) is 43.5 Å². The number of benzene rings is 2. The van der Waals surface area contributed by atoms with Crippen molar-refractivity contribution >= 4 is 33.8 Å². The molecular weight excluding hydrogens is 414 g/mol. The zero-order valence-electron chi connectivity index (χ0n) is 17.0.